The summed E-state index contributed by atoms with van der Waals surface area (Å²) in [4.78, 5) is 0. The molecule has 0 saturated carbocycles. The first-order valence-electron chi connectivity index (χ1n) is 7.18. The van der Waals surface area contributed by atoms with Crippen LogP contribution in [0.1, 0.15) is 42.2 Å². The lowest BCUT2D eigenvalue weighted by Crippen LogP contribution is -2.06. The van der Waals surface area contributed by atoms with Gasteiger partial charge in [-0.1, -0.05) is 55.8 Å². The van der Waals surface area contributed by atoms with Crippen LogP contribution in [0.5, 0.6) is 0 Å². The Morgan fingerprint density at radius 1 is 0.950 bits per heavy atom. The van der Waals surface area contributed by atoms with Gasteiger partial charge < -0.3 is 5.11 Å². The van der Waals surface area contributed by atoms with Gasteiger partial charge in [-0.2, -0.15) is 0 Å². The molecule has 0 heterocycles. The van der Waals surface area contributed by atoms with E-state index in [1.807, 2.05) is 24.3 Å². The molecule has 0 saturated heterocycles. The van der Waals surface area contributed by atoms with Gasteiger partial charge in [0.05, 0.1) is 6.10 Å². The quantitative estimate of drug-likeness (QED) is 0.842. The van der Waals surface area contributed by atoms with Crippen molar-refractivity contribution >= 4 is 11.6 Å². The average Bonchev–Trinajstić information content (AvgIpc) is 2.48. The van der Waals surface area contributed by atoms with Crippen molar-refractivity contribution in [3.63, 3.8) is 0 Å². The fourth-order valence-electron chi connectivity index (χ4n) is 2.45. The first-order chi connectivity index (χ1) is 9.63. The molecule has 106 valence electrons. The molecule has 2 aromatic rings. The maximum absolute atomic E-state index is 10.5. The highest BCUT2D eigenvalue weighted by atomic mass is 35.5. The van der Waals surface area contributed by atoms with Crippen LogP contribution in [0, 0.1) is 0 Å². The van der Waals surface area contributed by atoms with Gasteiger partial charge in [-0.3, -0.25) is 0 Å². The Labute approximate surface area is 126 Å². The van der Waals surface area contributed by atoms with Crippen molar-refractivity contribution in [2.24, 2.45) is 0 Å². The van der Waals surface area contributed by atoms with Crippen LogP contribution >= 0.6 is 11.6 Å². The number of halogens is 1. The van der Waals surface area contributed by atoms with Gasteiger partial charge in [-0.05, 0) is 47.2 Å². The van der Waals surface area contributed by atoms with E-state index < -0.39 is 6.10 Å². The van der Waals surface area contributed by atoms with Crippen molar-refractivity contribution in [1.29, 1.82) is 0 Å². The Morgan fingerprint density at radius 2 is 1.60 bits per heavy atom. The van der Waals surface area contributed by atoms with Crippen molar-refractivity contribution in [2.45, 2.75) is 39.2 Å². The molecule has 2 heteroatoms. The SMILES string of the molecule is CCc1ccc(CC)c(C(O)Cc2ccc(Cl)cc2)c1. The molecule has 1 unspecified atom stereocenters. The zero-order chi connectivity index (χ0) is 14.5. The maximum atomic E-state index is 10.5. The molecule has 2 rings (SSSR count). The minimum Gasteiger partial charge on any atom is -0.388 e. The summed E-state index contributed by atoms with van der Waals surface area (Å²) in [5.74, 6) is 0. The van der Waals surface area contributed by atoms with Gasteiger partial charge in [0.25, 0.3) is 0 Å². The standard InChI is InChI=1S/C18H21ClO/c1-3-13-5-8-15(4-2)17(11-13)18(20)12-14-6-9-16(19)10-7-14/h5-11,18,20H,3-4,12H2,1-2H3. The van der Waals surface area contributed by atoms with Gasteiger partial charge in [-0.25, -0.2) is 0 Å². The third-order valence-corrected chi connectivity index (χ3v) is 3.95. The van der Waals surface area contributed by atoms with Gasteiger partial charge in [0.15, 0.2) is 0 Å². The van der Waals surface area contributed by atoms with Crippen molar-refractivity contribution in [3.05, 3.63) is 69.7 Å². The zero-order valence-corrected chi connectivity index (χ0v) is 12.8. The van der Waals surface area contributed by atoms with Gasteiger partial charge in [-0.15, -0.1) is 0 Å². The summed E-state index contributed by atoms with van der Waals surface area (Å²) < 4.78 is 0. The average molecular weight is 289 g/mol. The van der Waals surface area contributed by atoms with E-state index in [-0.39, 0.29) is 0 Å². The lowest BCUT2D eigenvalue weighted by atomic mass is 9.93. The summed E-state index contributed by atoms with van der Waals surface area (Å²) in [6.45, 7) is 4.26. The van der Waals surface area contributed by atoms with E-state index in [0.29, 0.717) is 6.42 Å². The molecule has 1 N–H and O–H groups in total. The molecule has 0 aliphatic carbocycles. The summed E-state index contributed by atoms with van der Waals surface area (Å²) >= 11 is 5.89. The number of hydrogen-bond donors (Lipinski definition) is 1. The second kappa shape index (κ2) is 6.92. The second-order valence-electron chi connectivity index (χ2n) is 5.09. The number of hydrogen-bond acceptors (Lipinski definition) is 1. The predicted octanol–water partition coefficient (Wildman–Crippen LogP) is 4.74. The first kappa shape index (κ1) is 15.1. The molecule has 0 amide bonds. The van der Waals surface area contributed by atoms with Gasteiger partial charge in [0.1, 0.15) is 0 Å². The fourth-order valence-corrected chi connectivity index (χ4v) is 2.58. The van der Waals surface area contributed by atoms with E-state index in [9.17, 15) is 5.11 Å². The molecule has 0 bridgehead atoms. The highest BCUT2D eigenvalue weighted by molar-refractivity contribution is 6.30. The Hall–Kier alpha value is -1.31. The summed E-state index contributed by atoms with van der Waals surface area (Å²) in [7, 11) is 0. The molecule has 1 nitrogen and oxygen atoms in total. The van der Waals surface area contributed by atoms with Crippen molar-refractivity contribution < 1.29 is 5.11 Å². The van der Waals surface area contributed by atoms with Crippen LogP contribution in [0.3, 0.4) is 0 Å². The molecule has 2 aromatic carbocycles. The Kier molecular flexibility index (Phi) is 5.22. The van der Waals surface area contributed by atoms with Crippen molar-refractivity contribution in [1.82, 2.24) is 0 Å². The van der Waals surface area contributed by atoms with E-state index in [4.69, 9.17) is 11.6 Å². The molecule has 1 atom stereocenters. The van der Waals surface area contributed by atoms with Crippen LogP contribution in [0.4, 0.5) is 0 Å². The van der Waals surface area contributed by atoms with Crippen LogP contribution in [-0.2, 0) is 19.3 Å². The highest BCUT2D eigenvalue weighted by Crippen LogP contribution is 2.24. The molecule has 0 spiro atoms. The summed E-state index contributed by atoms with van der Waals surface area (Å²) in [6.07, 6.45) is 2.09. The second-order valence-corrected chi connectivity index (χ2v) is 5.52. The van der Waals surface area contributed by atoms with Crippen LogP contribution in [0.25, 0.3) is 0 Å². The lowest BCUT2D eigenvalue weighted by Gasteiger charge is -2.16. The minimum atomic E-state index is -0.461. The number of rotatable bonds is 5. The molecular weight excluding hydrogens is 268 g/mol. The molecular formula is C18H21ClO. The number of aryl methyl sites for hydroxylation is 2. The van der Waals surface area contributed by atoms with Crippen LogP contribution in [0.2, 0.25) is 5.02 Å². The zero-order valence-electron chi connectivity index (χ0n) is 12.1. The summed E-state index contributed by atoms with van der Waals surface area (Å²) in [6, 6.07) is 14.1. The normalized spacial score (nSPS) is 12.4. The maximum Gasteiger partial charge on any atom is 0.0833 e. The van der Waals surface area contributed by atoms with Gasteiger partial charge in [0, 0.05) is 11.4 Å². The van der Waals surface area contributed by atoms with Crippen molar-refractivity contribution in [2.75, 3.05) is 0 Å². The molecule has 0 aliphatic heterocycles. The Bertz CT molecular complexity index is 560. The molecule has 0 aromatic heterocycles. The molecule has 0 aliphatic rings. The van der Waals surface area contributed by atoms with E-state index in [2.05, 4.69) is 32.0 Å². The predicted molar refractivity (Wildman–Crippen MR) is 85.3 cm³/mol. The van der Waals surface area contributed by atoms with E-state index in [1.165, 1.54) is 11.1 Å². The molecule has 0 radical (unpaired) electrons. The van der Waals surface area contributed by atoms with Crippen LogP contribution in [-0.4, -0.2) is 5.11 Å². The molecule has 20 heavy (non-hydrogen) atoms. The smallest absolute Gasteiger partial charge is 0.0833 e. The van der Waals surface area contributed by atoms with Crippen LogP contribution < -0.4 is 0 Å². The Morgan fingerprint density at radius 3 is 2.20 bits per heavy atom. The lowest BCUT2D eigenvalue weighted by molar-refractivity contribution is 0.177. The van der Waals surface area contributed by atoms with E-state index in [1.54, 1.807) is 0 Å². The Balaban J connectivity index is 2.23. The first-order valence-corrected chi connectivity index (χ1v) is 7.56. The third-order valence-electron chi connectivity index (χ3n) is 3.70. The van der Waals surface area contributed by atoms with E-state index >= 15 is 0 Å². The van der Waals surface area contributed by atoms with Crippen LogP contribution in [0.15, 0.2) is 42.5 Å². The molecule has 0 fully saturated rings. The summed E-state index contributed by atoms with van der Waals surface area (Å²) in [5, 5.41) is 11.3. The fraction of sp³-hybridized carbons (Fsp3) is 0.333. The largest absolute Gasteiger partial charge is 0.388 e. The monoisotopic (exact) mass is 288 g/mol. The third kappa shape index (κ3) is 3.62. The number of benzene rings is 2. The van der Waals surface area contributed by atoms with Gasteiger partial charge in [0.2, 0.25) is 0 Å². The number of aliphatic hydroxyl groups is 1. The highest BCUT2D eigenvalue weighted by Gasteiger charge is 2.13. The minimum absolute atomic E-state index is 0.461. The topological polar surface area (TPSA) is 20.2 Å². The van der Waals surface area contributed by atoms with Gasteiger partial charge >= 0.3 is 0 Å². The van der Waals surface area contributed by atoms with Crippen molar-refractivity contribution in [3.8, 4) is 0 Å². The number of aliphatic hydroxyl groups excluding tert-OH is 1. The van der Waals surface area contributed by atoms with E-state index in [0.717, 1.165) is 29.0 Å². The summed E-state index contributed by atoms with van der Waals surface area (Å²) in [5.41, 5.74) is 4.66.